The number of aliphatic hydroxyl groups excluding tert-OH is 1. The van der Waals surface area contributed by atoms with E-state index in [2.05, 4.69) is 0 Å². The molecule has 0 spiro atoms. The maximum absolute atomic E-state index is 11.9. The number of hydrogen-bond acceptors (Lipinski definition) is 3. The molecule has 0 aromatic carbocycles. The van der Waals surface area contributed by atoms with Crippen LogP contribution in [-0.2, 0) is 4.74 Å². The molecule has 1 aliphatic carbocycles. The molecule has 1 amide bonds. The molecule has 0 bridgehead atoms. The van der Waals surface area contributed by atoms with Crippen LogP contribution < -0.4 is 0 Å². The minimum atomic E-state index is -0.454. The molecule has 4 nitrogen and oxygen atoms in total. The molecule has 2 rings (SSSR count). The molecule has 1 saturated heterocycles. The fraction of sp³-hybridized carbons (Fsp3) is 0.909. The van der Waals surface area contributed by atoms with E-state index < -0.39 is 5.60 Å². The van der Waals surface area contributed by atoms with Crippen LogP contribution in [0.5, 0.6) is 0 Å². The quantitative estimate of drug-likeness (QED) is 0.715. The number of carbonyl (C=O) groups excluding carboxylic acids is 1. The Labute approximate surface area is 90.2 Å². The molecule has 2 fully saturated rings. The molecule has 1 aliphatic heterocycles. The average Bonchev–Trinajstić information content (AvgIpc) is 2.73. The molecule has 1 N–H and O–H groups in total. The molecular weight excluding hydrogens is 194 g/mol. The number of carbonyl (C=O) groups is 1. The van der Waals surface area contributed by atoms with Crippen LogP contribution in [0.2, 0.25) is 0 Å². The van der Waals surface area contributed by atoms with Gasteiger partial charge in [-0.2, -0.15) is 0 Å². The van der Waals surface area contributed by atoms with Gasteiger partial charge in [0.05, 0.1) is 12.6 Å². The minimum absolute atomic E-state index is 0.0244. The first kappa shape index (κ1) is 10.7. The Hall–Kier alpha value is -0.770. The second kappa shape index (κ2) is 3.37. The average molecular weight is 213 g/mol. The molecule has 1 saturated carbocycles. The summed E-state index contributed by atoms with van der Waals surface area (Å²) in [4.78, 5) is 13.6. The molecule has 3 atom stereocenters. The maximum Gasteiger partial charge on any atom is 0.410 e. The predicted octanol–water partition coefficient (Wildman–Crippen LogP) is 1.38. The zero-order chi connectivity index (χ0) is 11.2. The van der Waals surface area contributed by atoms with Crippen molar-refractivity contribution in [2.75, 3.05) is 6.61 Å². The van der Waals surface area contributed by atoms with E-state index in [0.29, 0.717) is 12.0 Å². The van der Waals surface area contributed by atoms with E-state index in [-0.39, 0.29) is 18.7 Å². The van der Waals surface area contributed by atoms with Crippen LogP contribution in [0.3, 0.4) is 0 Å². The Balaban J connectivity index is 1.99. The summed E-state index contributed by atoms with van der Waals surface area (Å²) < 4.78 is 5.33. The van der Waals surface area contributed by atoms with Crippen LogP contribution >= 0.6 is 0 Å². The first-order valence-corrected chi connectivity index (χ1v) is 5.54. The van der Waals surface area contributed by atoms with Gasteiger partial charge in [-0.1, -0.05) is 0 Å². The van der Waals surface area contributed by atoms with Crippen LogP contribution in [0, 0.1) is 5.92 Å². The van der Waals surface area contributed by atoms with Crippen molar-refractivity contribution in [3.8, 4) is 0 Å². The monoisotopic (exact) mass is 213 g/mol. The fourth-order valence-corrected chi connectivity index (χ4v) is 2.32. The third-order valence-corrected chi connectivity index (χ3v) is 3.03. The van der Waals surface area contributed by atoms with E-state index in [1.165, 1.54) is 0 Å². The number of nitrogens with zero attached hydrogens (tertiary/aromatic N) is 1. The van der Waals surface area contributed by atoms with Crippen LogP contribution in [0.1, 0.15) is 33.6 Å². The number of likely N-dealkylation sites (tertiary alicyclic amines) is 1. The highest BCUT2D eigenvalue weighted by molar-refractivity contribution is 5.70. The van der Waals surface area contributed by atoms with Gasteiger partial charge in [0, 0.05) is 6.04 Å². The number of piperidine rings is 1. The summed E-state index contributed by atoms with van der Waals surface area (Å²) in [7, 11) is 0. The zero-order valence-corrected chi connectivity index (χ0v) is 9.56. The number of rotatable bonds is 1. The van der Waals surface area contributed by atoms with Crippen molar-refractivity contribution in [2.45, 2.75) is 51.3 Å². The Bertz CT molecular complexity index is 271. The standard InChI is InChI=1S/C11H19NO3/c1-11(2,3)15-10(14)12-8(6-13)4-7-5-9(7)12/h7-9,13H,4-6H2,1-3H3. The molecule has 2 aliphatic rings. The van der Waals surface area contributed by atoms with E-state index in [1.807, 2.05) is 20.8 Å². The van der Waals surface area contributed by atoms with Crippen LogP contribution in [0.25, 0.3) is 0 Å². The van der Waals surface area contributed by atoms with Gasteiger partial charge in [-0.3, -0.25) is 4.90 Å². The fourth-order valence-electron chi connectivity index (χ4n) is 2.32. The van der Waals surface area contributed by atoms with Gasteiger partial charge in [0.25, 0.3) is 0 Å². The van der Waals surface area contributed by atoms with Gasteiger partial charge in [-0.15, -0.1) is 0 Å². The van der Waals surface area contributed by atoms with Gasteiger partial charge >= 0.3 is 6.09 Å². The number of hydrogen-bond donors (Lipinski definition) is 1. The largest absolute Gasteiger partial charge is 0.444 e. The molecule has 3 unspecified atom stereocenters. The highest BCUT2D eigenvalue weighted by atomic mass is 16.6. The lowest BCUT2D eigenvalue weighted by Gasteiger charge is -2.29. The highest BCUT2D eigenvalue weighted by Crippen LogP contribution is 2.48. The Kier molecular flexibility index (Phi) is 2.41. The lowest BCUT2D eigenvalue weighted by atomic mass is 10.2. The normalized spacial score (nSPS) is 33.9. The van der Waals surface area contributed by atoms with Crippen LogP contribution in [0.4, 0.5) is 4.79 Å². The maximum atomic E-state index is 11.9. The molecular formula is C11H19NO3. The van der Waals surface area contributed by atoms with Gasteiger partial charge < -0.3 is 9.84 Å². The van der Waals surface area contributed by atoms with E-state index in [0.717, 1.165) is 12.8 Å². The molecule has 15 heavy (non-hydrogen) atoms. The van der Waals surface area contributed by atoms with Gasteiger partial charge in [-0.05, 0) is 39.5 Å². The topological polar surface area (TPSA) is 49.8 Å². The van der Waals surface area contributed by atoms with Gasteiger partial charge in [-0.25, -0.2) is 4.79 Å². The highest BCUT2D eigenvalue weighted by Gasteiger charge is 2.54. The summed E-state index contributed by atoms with van der Waals surface area (Å²) in [5.41, 5.74) is -0.454. The summed E-state index contributed by atoms with van der Waals surface area (Å²) in [5, 5.41) is 9.17. The molecule has 4 heteroatoms. The predicted molar refractivity (Wildman–Crippen MR) is 55.5 cm³/mol. The van der Waals surface area contributed by atoms with Crippen molar-refractivity contribution in [1.82, 2.24) is 4.90 Å². The lowest BCUT2D eigenvalue weighted by molar-refractivity contribution is 0.0126. The molecule has 0 radical (unpaired) electrons. The molecule has 86 valence electrons. The van der Waals surface area contributed by atoms with Crippen molar-refractivity contribution >= 4 is 6.09 Å². The second-order valence-corrected chi connectivity index (χ2v) is 5.52. The summed E-state index contributed by atoms with van der Waals surface area (Å²) in [5.74, 6) is 0.606. The van der Waals surface area contributed by atoms with Gasteiger partial charge in [0.2, 0.25) is 0 Å². The Morgan fingerprint density at radius 3 is 2.67 bits per heavy atom. The third kappa shape index (κ3) is 2.09. The SMILES string of the molecule is CC(C)(C)OC(=O)N1C(CO)CC2CC21. The first-order valence-electron chi connectivity index (χ1n) is 5.54. The van der Waals surface area contributed by atoms with Crippen molar-refractivity contribution in [3.63, 3.8) is 0 Å². The van der Waals surface area contributed by atoms with Crippen molar-refractivity contribution in [1.29, 1.82) is 0 Å². The number of aliphatic hydroxyl groups is 1. The van der Waals surface area contributed by atoms with Gasteiger partial charge in [0.15, 0.2) is 0 Å². The van der Waals surface area contributed by atoms with Crippen molar-refractivity contribution < 1.29 is 14.6 Å². The third-order valence-electron chi connectivity index (χ3n) is 3.03. The minimum Gasteiger partial charge on any atom is -0.444 e. The molecule has 1 heterocycles. The Morgan fingerprint density at radius 1 is 1.47 bits per heavy atom. The second-order valence-electron chi connectivity index (χ2n) is 5.52. The van der Waals surface area contributed by atoms with Crippen LogP contribution in [-0.4, -0.2) is 40.4 Å². The Morgan fingerprint density at radius 2 is 2.13 bits per heavy atom. The van der Waals surface area contributed by atoms with E-state index >= 15 is 0 Å². The van der Waals surface area contributed by atoms with Crippen molar-refractivity contribution in [2.24, 2.45) is 5.92 Å². The molecule has 0 aromatic rings. The molecule has 0 aromatic heterocycles. The summed E-state index contributed by atoms with van der Waals surface area (Å²) in [6.45, 7) is 5.63. The number of fused-ring (bicyclic) bond motifs is 1. The van der Waals surface area contributed by atoms with E-state index in [4.69, 9.17) is 4.74 Å². The van der Waals surface area contributed by atoms with E-state index in [1.54, 1.807) is 4.90 Å². The summed E-state index contributed by atoms with van der Waals surface area (Å²) in [6, 6.07) is 0.306. The first-order chi connectivity index (χ1) is 6.92. The van der Waals surface area contributed by atoms with Gasteiger partial charge in [0.1, 0.15) is 5.60 Å². The zero-order valence-electron chi connectivity index (χ0n) is 9.56. The van der Waals surface area contributed by atoms with Crippen molar-refractivity contribution in [3.05, 3.63) is 0 Å². The summed E-state index contributed by atoms with van der Waals surface area (Å²) >= 11 is 0. The van der Waals surface area contributed by atoms with Crippen LogP contribution in [0.15, 0.2) is 0 Å². The lowest BCUT2D eigenvalue weighted by Crippen LogP contribution is -2.43. The number of amides is 1. The van der Waals surface area contributed by atoms with E-state index in [9.17, 15) is 9.90 Å². The summed E-state index contributed by atoms with van der Waals surface area (Å²) in [6.07, 6.45) is 1.74. The number of ether oxygens (including phenoxy) is 1. The smallest absolute Gasteiger partial charge is 0.410 e.